The molecule has 0 atom stereocenters. The van der Waals surface area contributed by atoms with E-state index >= 15 is 0 Å². The lowest BCUT2D eigenvalue weighted by atomic mass is 10.3. The van der Waals surface area contributed by atoms with E-state index in [2.05, 4.69) is 22.3 Å². The Morgan fingerprint density at radius 2 is 2.38 bits per heavy atom. The molecule has 0 spiro atoms. The van der Waals surface area contributed by atoms with Crippen LogP contribution >= 0.6 is 34.4 Å². The quantitative estimate of drug-likeness (QED) is 0.847. The predicted molar refractivity (Wildman–Crippen MR) is 72.2 cm³/mol. The molecule has 2 heterocycles. The molecule has 0 aromatic carbocycles. The van der Waals surface area contributed by atoms with E-state index in [4.69, 9.17) is 5.73 Å². The Hall–Kier alpha value is -0.590. The van der Waals surface area contributed by atoms with E-state index in [1.807, 2.05) is 6.20 Å². The van der Waals surface area contributed by atoms with Gasteiger partial charge in [0.25, 0.3) is 0 Å². The van der Waals surface area contributed by atoms with Crippen molar-refractivity contribution in [1.82, 2.24) is 9.97 Å². The number of aromatic nitrogens is 2. The molecule has 0 fully saturated rings. The zero-order chi connectivity index (χ0) is 11.4. The van der Waals surface area contributed by atoms with E-state index in [9.17, 15) is 0 Å². The molecule has 0 aliphatic carbocycles. The van der Waals surface area contributed by atoms with Gasteiger partial charge in [-0.3, -0.25) is 0 Å². The highest BCUT2D eigenvalue weighted by Crippen LogP contribution is 2.29. The summed E-state index contributed by atoms with van der Waals surface area (Å²) in [7, 11) is 0. The summed E-state index contributed by atoms with van der Waals surface area (Å²) < 4.78 is 1.16. The Morgan fingerprint density at radius 1 is 1.50 bits per heavy atom. The Kier molecular flexibility index (Phi) is 4.20. The van der Waals surface area contributed by atoms with Gasteiger partial charge in [-0.05, 0) is 12.8 Å². The number of thiazole rings is 2. The van der Waals surface area contributed by atoms with Crippen LogP contribution in [0.15, 0.2) is 15.8 Å². The molecule has 16 heavy (non-hydrogen) atoms. The summed E-state index contributed by atoms with van der Waals surface area (Å²) in [6.07, 6.45) is 4.07. The lowest BCUT2D eigenvalue weighted by Crippen LogP contribution is -1.83. The normalized spacial score (nSPS) is 10.8. The smallest absolute Gasteiger partial charge is 0.181 e. The first-order valence-corrected chi connectivity index (χ1v) is 7.73. The number of thioether (sulfide) groups is 1. The van der Waals surface area contributed by atoms with Crippen molar-refractivity contribution in [3.05, 3.63) is 22.3 Å². The second-order valence-corrected chi connectivity index (χ2v) is 6.57. The Labute approximate surface area is 107 Å². The maximum atomic E-state index is 5.57. The highest BCUT2D eigenvalue weighted by molar-refractivity contribution is 8.00. The lowest BCUT2D eigenvalue weighted by Gasteiger charge is -1.93. The van der Waals surface area contributed by atoms with E-state index in [0.717, 1.165) is 28.5 Å². The van der Waals surface area contributed by atoms with E-state index in [1.165, 1.54) is 16.3 Å². The first-order chi connectivity index (χ1) is 7.78. The zero-order valence-corrected chi connectivity index (χ0v) is 11.4. The molecule has 0 saturated carbocycles. The monoisotopic (exact) mass is 271 g/mol. The van der Waals surface area contributed by atoms with Gasteiger partial charge in [-0.1, -0.05) is 18.3 Å². The third-order valence-corrected chi connectivity index (χ3v) is 4.94. The fourth-order valence-corrected chi connectivity index (χ4v) is 3.88. The van der Waals surface area contributed by atoms with Crippen LogP contribution in [-0.4, -0.2) is 9.97 Å². The predicted octanol–water partition coefficient (Wildman–Crippen LogP) is 3.43. The van der Waals surface area contributed by atoms with Crippen molar-refractivity contribution in [2.24, 2.45) is 0 Å². The summed E-state index contributed by atoms with van der Waals surface area (Å²) >= 11 is 5.03. The summed E-state index contributed by atoms with van der Waals surface area (Å²) in [4.78, 5) is 8.59. The highest BCUT2D eigenvalue weighted by atomic mass is 32.2. The van der Waals surface area contributed by atoms with Gasteiger partial charge in [-0.2, -0.15) is 0 Å². The molecule has 0 unspecified atom stereocenters. The van der Waals surface area contributed by atoms with Crippen molar-refractivity contribution in [2.75, 3.05) is 5.73 Å². The molecule has 2 aromatic rings. The summed E-state index contributed by atoms with van der Waals surface area (Å²) in [6, 6.07) is 0. The largest absolute Gasteiger partial charge is 0.375 e. The fourth-order valence-electron chi connectivity index (χ4n) is 1.23. The molecule has 0 aliphatic rings. The van der Waals surface area contributed by atoms with Crippen molar-refractivity contribution < 1.29 is 0 Å². The first-order valence-electron chi connectivity index (χ1n) is 5.05. The standard InChI is InChI=1S/C10H13N3S3/c1-2-3-8-13-7(5-14-8)6-15-9-4-12-10(11)16-9/h4-5H,2-3,6H2,1H3,(H2,11,12). The second-order valence-electron chi connectivity index (χ2n) is 3.29. The van der Waals surface area contributed by atoms with Gasteiger partial charge in [0.1, 0.15) is 0 Å². The number of hydrogen-bond donors (Lipinski definition) is 1. The Morgan fingerprint density at radius 3 is 3.06 bits per heavy atom. The van der Waals surface area contributed by atoms with Gasteiger partial charge in [0.15, 0.2) is 5.13 Å². The van der Waals surface area contributed by atoms with Crippen LogP contribution in [0.25, 0.3) is 0 Å². The maximum absolute atomic E-state index is 5.57. The molecule has 86 valence electrons. The Balaban J connectivity index is 1.89. The molecule has 6 heteroatoms. The highest BCUT2D eigenvalue weighted by Gasteiger charge is 2.04. The van der Waals surface area contributed by atoms with E-state index in [0.29, 0.717) is 5.13 Å². The molecule has 2 rings (SSSR count). The average molecular weight is 271 g/mol. The molecular weight excluding hydrogens is 258 g/mol. The van der Waals surface area contributed by atoms with Crippen molar-refractivity contribution in [1.29, 1.82) is 0 Å². The number of nitrogen functional groups attached to an aromatic ring is 1. The third kappa shape index (κ3) is 3.20. The number of nitrogens with zero attached hydrogens (tertiary/aromatic N) is 2. The van der Waals surface area contributed by atoms with Crippen LogP contribution in [0.3, 0.4) is 0 Å². The minimum Gasteiger partial charge on any atom is -0.375 e. The Bertz CT molecular complexity index is 450. The molecule has 2 N–H and O–H groups in total. The van der Waals surface area contributed by atoms with Crippen LogP contribution in [0.4, 0.5) is 5.13 Å². The third-order valence-electron chi connectivity index (χ3n) is 1.93. The van der Waals surface area contributed by atoms with E-state index < -0.39 is 0 Å². The van der Waals surface area contributed by atoms with Crippen molar-refractivity contribution >= 4 is 39.6 Å². The SMILES string of the molecule is CCCc1nc(CSc2cnc(N)s2)cs1. The lowest BCUT2D eigenvalue weighted by molar-refractivity contribution is 0.902. The van der Waals surface area contributed by atoms with Gasteiger partial charge < -0.3 is 5.73 Å². The van der Waals surface area contributed by atoms with E-state index in [-0.39, 0.29) is 0 Å². The molecule has 0 bridgehead atoms. The number of anilines is 1. The van der Waals surface area contributed by atoms with E-state index in [1.54, 1.807) is 23.1 Å². The van der Waals surface area contributed by atoms with Gasteiger partial charge in [0, 0.05) is 11.1 Å². The molecular formula is C10H13N3S3. The van der Waals surface area contributed by atoms with Crippen LogP contribution in [0.5, 0.6) is 0 Å². The number of hydrogen-bond acceptors (Lipinski definition) is 6. The minimum atomic E-state index is 0.632. The van der Waals surface area contributed by atoms with Crippen LogP contribution in [0.2, 0.25) is 0 Å². The van der Waals surface area contributed by atoms with Crippen molar-refractivity contribution in [3.63, 3.8) is 0 Å². The van der Waals surface area contributed by atoms with Gasteiger partial charge in [0.05, 0.1) is 21.1 Å². The number of rotatable bonds is 5. The molecule has 0 aliphatic heterocycles. The maximum Gasteiger partial charge on any atom is 0.181 e. The topological polar surface area (TPSA) is 51.8 Å². The van der Waals surface area contributed by atoms with Gasteiger partial charge in [-0.15, -0.1) is 23.1 Å². The van der Waals surface area contributed by atoms with Gasteiger partial charge >= 0.3 is 0 Å². The molecule has 0 saturated heterocycles. The molecule has 3 nitrogen and oxygen atoms in total. The molecule has 0 amide bonds. The first kappa shape index (κ1) is 11.9. The molecule has 0 radical (unpaired) electrons. The summed E-state index contributed by atoms with van der Waals surface area (Å²) in [5, 5.41) is 4.01. The van der Waals surface area contributed by atoms with Crippen LogP contribution in [-0.2, 0) is 12.2 Å². The van der Waals surface area contributed by atoms with Crippen LogP contribution in [0, 0.1) is 0 Å². The number of aryl methyl sites for hydroxylation is 1. The summed E-state index contributed by atoms with van der Waals surface area (Å²) in [6.45, 7) is 2.18. The number of nitrogens with two attached hydrogens (primary N) is 1. The van der Waals surface area contributed by atoms with Crippen molar-refractivity contribution in [3.8, 4) is 0 Å². The summed E-state index contributed by atoms with van der Waals surface area (Å²) in [5.74, 6) is 0.905. The minimum absolute atomic E-state index is 0.632. The second kappa shape index (κ2) is 5.65. The summed E-state index contributed by atoms with van der Waals surface area (Å²) in [5.41, 5.74) is 6.73. The van der Waals surface area contributed by atoms with Gasteiger partial charge in [-0.25, -0.2) is 9.97 Å². The van der Waals surface area contributed by atoms with Crippen LogP contribution < -0.4 is 5.73 Å². The average Bonchev–Trinajstić information content (AvgIpc) is 2.85. The van der Waals surface area contributed by atoms with Crippen LogP contribution in [0.1, 0.15) is 24.0 Å². The van der Waals surface area contributed by atoms with Crippen molar-refractivity contribution in [2.45, 2.75) is 29.7 Å². The fraction of sp³-hybridized carbons (Fsp3) is 0.400. The molecule has 2 aromatic heterocycles. The van der Waals surface area contributed by atoms with Gasteiger partial charge in [0.2, 0.25) is 0 Å². The zero-order valence-electron chi connectivity index (χ0n) is 8.97.